The number of hydrogen-bond donors (Lipinski definition) is 0. The van der Waals surface area contributed by atoms with Gasteiger partial charge in [-0.2, -0.15) is 5.10 Å². The number of methoxy groups -OCH3 is 1. The van der Waals surface area contributed by atoms with Gasteiger partial charge in [0.2, 0.25) is 0 Å². The van der Waals surface area contributed by atoms with Crippen LogP contribution >= 0.6 is 0 Å². The van der Waals surface area contributed by atoms with Crippen LogP contribution in [0.15, 0.2) is 36.5 Å². The van der Waals surface area contributed by atoms with Crippen LogP contribution in [0.3, 0.4) is 0 Å². The molecule has 2 aromatic rings. The Morgan fingerprint density at radius 1 is 1.27 bits per heavy atom. The minimum absolute atomic E-state index is 0.236. The Morgan fingerprint density at radius 3 is 2.57 bits per heavy atom. The van der Waals surface area contributed by atoms with Crippen LogP contribution in [0.2, 0.25) is 0 Å². The number of carbonyl (C=O) groups excluding carboxylic acids is 1. The third-order valence-electron chi connectivity index (χ3n) is 5.44. The Bertz CT molecular complexity index is 907. The minimum atomic E-state index is -2.73. The molecule has 0 spiro atoms. The molecule has 0 bridgehead atoms. The molecule has 1 aliphatic heterocycles. The molecular weight excluding hydrogens is 390 g/mol. The number of aromatic nitrogens is 2. The highest BCUT2D eigenvalue weighted by molar-refractivity contribution is 5.96. The second-order valence-electron chi connectivity index (χ2n) is 7.58. The van der Waals surface area contributed by atoms with Crippen LogP contribution in [0.1, 0.15) is 47.4 Å². The fraction of sp³-hybridized carbons (Fsp3) is 0.455. The number of nitrogens with zero attached hydrogens (tertiary/aromatic N) is 4. The number of rotatable bonds is 9. The maximum atomic E-state index is 13.6. The maximum absolute atomic E-state index is 13.6. The second kappa shape index (κ2) is 9.28. The van der Waals surface area contributed by atoms with Crippen molar-refractivity contribution in [2.45, 2.75) is 32.1 Å². The van der Waals surface area contributed by atoms with Crippen LogP contribution in [0.25, 0.3) is 5.69 Å². The van der Waals surface area contributed by atoms with E-state index in [9.17, 15) is 13.6 Å². The van der Waals surface area contributed by atoms with Crippen molar-refractivity contribution in [2.24, 2.45) is 0 Å². The smallest absolute Gasteiger partial charge is 0.282 e. The van der Waals surface area contributed by atoms with Crippen LogP contribution in [-0.4, -0.2) is 59.8 Å². The number of alkyl halides is 2. The predicted molar refractivity (Wildman–Crippen MR) is 111 cm³/mol. The molecule has 0 aliphatic carbocycles. The molecule has 1 aromatic heterocycles. The zero-order chi connectivity index (χ0) is 21.8. The quantitative estimate of drug-likeness (QED) is 0.576. The number of allylic oxidation sites excluding steroid dienone is 1. The first-order valence-electron chi connectivity index (χ1n) is 10.0. The first-order valence-corrected chi connectivity index (χ1v) is 10.0. The summed E-state index contributed by atoms with van der Waals surface area (Å²) in [6, 6.07) is 6.85. The topological polar surface area (TPSA) is 50.6 Å². The number of amides is 1. The van der Waals surface area contributed by atoms with Crippen molar-refractivity contribution in [3.63, 3.8) is 0 Å². The van der Waals surface area contributed by atoms with Gasteiger partial charge >= 0.3 is 0 Å². The van der Waals surface area contributed by atoms with Crippen LogP contribution < -0.4 is 4.74 Å². The predicted octanol–water partition coefficient (Wildman–Crippen LogP) is 4.06. The van der Waals surface area contributed by atoms with Crippen LogP contribution in [0.5, 0.6) is 5.75 Å². The van der Waals surface area contributed by atoms with Gasteiger partial charge in [0, 0.05) is 38.4 Å². The zero-order valence-electron chi connectivity index (χ0n) is 17.7. The number of halogens is 2. The Hall–Kier alpha value is -2.90. The maximum Gasteiger partial charge on any atom is 0.282 e. The van der Waals surface area contributed by atoms with Crippen molar-refractivity contribution in [1.29, 1.82) is 0 Å². The van der Waals surface area contributed by atoms with Gasteiger partial charge in [0.05, 0.1) is 12.8 Å². The monoisotopic (exact) mass is 418 g/mol. The van der Waals surface area contributed by atoms with Crippen molar-refractivity contribution >= 4 is 5.91 Å². The van der Waals surface area contributed by atoms with E-state index in [-0.39, 0.29) is 17.3 Å². The van der Waals surface area contributed by atoms with E-state index in [4.69, 9.17) is 4.74 Å². The lowest BCUT2D eigenvalue weighted by Gasteiger charge is -2.28. The van der Waals surface area contributed by atoms with E-state index in [1.807, 2.05) is 19.0 Å². The lowest BCUT2D eigenvalue weighted by molar-refractivity contribution is 0.0726. The summed E-state index contributed by atoms with van der Waals surface area (Å²) >= 11 is 0. The van der Waals surface area contributed by atoms with E-state index in [1.165, 1.54) is 4.68 Å². The first kappa shape index (κ1) is 21.8. The summed E-state index contributed by atoms with van der Waals surface area (Å²) in [5, 5.41) is 4.10. The number of benzene rings is 1. The molecule has 0 unspecified atom stereocenters. The van der Waals surface area contributed by atoms with Gasteiger partial charge in [-0.15, -0.1) is 0 Å². The molecule has 1 aromatic carbocycles. The fourth-order valence-corrected chi connectivity index (χ4v) is 3.59. The minimum Gasteiger partial charge on any atom is -0.497 e. The molecule has 6 nitrogen and oxygen atoms in total. The molecule has 2 heterocycles. The number of fused-ring (bicyclic) bond motifs is 1. The highest BCUT2D eigenvalue weighted by Crippen LogP contribution is 2.31. The lowest BCUT2D eigenvalue weighted by Crippen LogP contribution is -2.39. The van der Waals surface area contributed by atoms with E-state index >= 15 is 0 Å². The van der Waals surface area contributed by atoms with Crippen LogP contribution in [0.4, 0.5) is 8.78 Å². The van der Waals surface area contributed by atoms with Gasteiger partial charge in [-0.25, -0.2) is 13.5 Å². The van der Waals surface area contributed by atoms with Crippen molar-refractivity contribution in [2.75, 3.05) is 34.3 Å². The Kier molecular flexibility index (Phi) is 6.74. The summed E-state index contributed by atoms with van der Waals surface area (Å²) in [5.41, 5.74) is 1.87. The number of carbonyl (C=O) groups is 1. The van der Waals surface area contributed by atoms with Gasteiger partial charge in [-0.3, -0.25) is 4.79 Å². The third-order valence-corrected chi connectivity index (χ3v) is 5.44. The van der Waals surface area contributed by atoms with Crippen molar-refractivity contribution in [1.82, 2.24) is 19.6 Å². The highest BCUT2D eigenvalue weighted by Gasteiger charge is 2.34. The molecule has 3 rings (SSSR count). The normalized spacial score (nSPS) is 13.5. The summed E-state index contributed by atoms with van der Waals surface area (Å²) in [6.45, 7) is 5.02. The largest absolute Gasteiger partial charge is 0.497 e. The lowest BCUT2D eigenvalue weighted by atomic mass is 10.0. The molecule has 0 fully saturated rings. The molecular formula is C22H28F2N4O2. The molecule has 0 radical (unpaired) electrons. The van der Waals surface area contributed by atoms with E-state index in [1.54, 1.807) is 36.3 Å². The van der Waals surface area contributed by atoms with Crippen molar-refractivity contribution < 1.29 is 18.3 Å². The molecule has 0 atom stereocenters. The van der Waals surface area contributed by atoms with Gasteiger partial charge in [-0.1, -0.05) is 6.58 Å². The van der Waals surface area contributed by atoms with Gasteiger partial charge in [0.15, 0.2) is 0 Å². The standard InChI is InChI=1S/C22H28F2N4O2/c1-15(26(2)3)7-5-6-13-27-14-12-18-19(21(23)24)25-28(20(18)22(27)29)16-8-10-17(30-4)11-9-16/h8-11,21H,1,5-7,12-14H2,2-4H3. The summed E-state index contributed by atoms with van der Waals surface area (Å²) in [6.07, 6.45) is 0.246. The Morgan fingerprint density at radius 2 is 1.97 bits per heavy atom. The molecule has 8 heteroatoms. The van der Waals surface area contributed by atoms with Gasteiger partial charge < -0.3 is 14.5 Å². The van der Waals surface area contributed by atoms with E-state index < -0.39 is 6.43 Å². The van der Waals surface area contributed by atoms with Gasteiger partial charge in [0.1, 0.15) is 17.1 Å². The van der Waals surface area contributed by atoms with Crippen molar-refractivity contribution in [3.05, 3.63) is 53.5 Å². The van der Waals surface area contributed by atoms with Crippen molar-refractivity contribution in [3.8, 4) is 11.4 Å². The summed E-state index contributed by atoms with van der Waals surface area (Å²) < 4.78 is 33.7. The summed E-state index contributed by atoms with van der Waals surface area (Å²) in [4.78, 5) is 16.9. The molecule has 1 amide bonds. The molecule has 0 saturated carbocycles. The second-order valence-corrected chi connectivity index (χ2v) is 7.58. The average Bonchev–Trinajstić information content (AvgIpc) is 3.13. The van der Waals surface area contributed by atoms with E-state index in [2.05, 4.69) is 11.7 Å². The summed E-state index contributed by atoms with van der Waals surface area (Å²) in [5.74, 6) is 0.388. The number of hydrogen-bond acceptors (Lipinski definition) is 4. The molecule has 162 valence electrons. The van der Waals surface area contributed by atoms with Crippen LogP contribution in [0, 0.1) is 0 Å². The third kappa shape index (κ3) is 4.47. The van der Waals surface area contributed by atoms with Gasteiger partial charge in [-0.05, 0) is 49.9 Å². The average molecular weight is 418 g/mol. The zero-order valence-corrected chi connectivity index (χ0v) is 17.7. The highest BCUT2D eigenvalue weighted by atomic mass is 19.3. The van der Waals surface area contributed by atoms with Crippen LogP contribution in [-0.2, 0) is 6.42 Å². The Labute approximate surface area is 175 Å². The Balaban J connectivity index is 1.81. The molecule has 0 N–H and O–H groups in total. The van der Waals surface area contributed by atoms with E-state index in [0.717, 1.165) is 25.0 Å². The van der Waals surface area contributed by atoms with Gasteiger partial charge in [0.25, 0.3) is 12.3 Å². The number of unbranched alkanes of at least 4 members (excludes halogenated alkanes) is 1. The molecule has 1 aliphatic rings. The first-order chi connectivity index (χ1) is 14.3. The van der Waals surface area contributed by atoms with E-state index in [0.29, 0.717) is 36.5 Å². The molecule has 30 heavy (non-hydrogen) atoms. The number of ether oxygens (including phenoxy) is 1. The fourth-order valence-electron chi connectivity index (χ4n) is 3.59. The summed E-state index contributed by atoms with van der Waals surface area (Å²) in [7, 11) is 5.47. The SMILES string of the molecule is C=C(CCCCN1CCc2c(C(F)F)nn(-c3ccc(OC)cc3)c2C1=O)N(C)C. The molecule has 0 saturated heterocycles.